The molecule has 1 atom stereocenters. The molecule has 0 radical (unpaired) electrons. The van der Waals surface area contributed by atoms with Gasteiger partial charge in [-0.2, -0.15) is 0 Å². The first-order valence-electron chi connectivity index (χ1n) is 10.5. The van der Waals surface area contributed by atoms with Gasteiger partial charge in [0.15, 0.2) is 5.82 Å². The lowest BCUT2D eigenvalue weighted by Crippen LogP contribution is -2.33. The van der Waals surface area contributed by atoms with Crippen molar-refractivity contribution in [2.24, 2.45) is 5.73 Å². The van der Waals surface area contributed by atoms with Crippen molar-refractivity contribution >= 4 is 11.4 Å². The number of aliphatic hydroxyl groups excluding tert-OH is 1. The molecule has 0 amide bonds. The normalized spacial score (nSPS) is 17.0. The van der Waals surface area contributed by atoms with Crippen molar-refractivity contribution in [3.05, 3.63) is 83.1 Å². The van der Waals surface area contributed by atoms with Crippen molar-refractivity contribution in [3.63, 3.8) is 0 Å². The Balaban J connectivity index is 1.89. The van der Waals surface area contributed by atoms with Gasteiger partial charge in [-0.3, -0.25) is 0 Å². The fourth-order valence-corrected chi connectivity index (χ4v) is 4.04. The molecule has 1 aliphatic heterocycles. The fourth-order valence-electron chi connectivity index (χ4n) is 4.04. The first kappa shape index (κ1) is 21.0. The van der Waals surface area contributed by atoms with E-state index in [4.69, 9.17) is 15.7 Å². The van der Waals surface area contributed by atoms with Crippen LogP contribution in [0, 0.1) is 12.7 Å². The average Bonchev–Trinajstić information content (AvgIpc) is 3.24. The Morgan fingerprint density at radius 1 is 1.13 bits per heavy atom. The van der Waals surface area contributed by atoms with Crippen LogP contribution in [0.3, 0.4) is 0 Å². The summed E-state index contributed by atoms with van der Waals surface area (Å²) < 4.78 is 13.5. The Bertz CT molecular complexity index is 1090. The van der Waals surface area contributed by atoms with Crippen LogP contribution < -0.4 is 10.6 Å². The third-order valence-corrected chi connectivity index (χ3v) is 5.69. The van der Waals surface area contributed by atoms with Crippen LogP contribution >= 0.6 is 0 Å². The van der Waals surface area contributed by atoms with E-state index in [9.17, 15) is 9.50 Å². The molecule has 0 unspecified atom stereocenters. The molecule has 1 fully saturated rings. The minimum Gasteiger partial charge on any atom is -0.402 e. The van der Waals surface area contributed by atoms with Gasteiger partial charge in [0.2, 0.25) is 0 Å². The number of aromatic nitrogens is 2. The van der Waals surface area contributed by atoms with Gasteiger partial charge in [0, 0.05) is 29.4 Å². The van der Waals surface area contributed by atoms with E-state index in [1.54, 1.807) is 12.1 Å². The molecule has 0 saturated carbocycles. The number of rotatable bonds is 5. The molecular formula is C25H27FN4O. The lowest BCUT2D eigenvalue weighted by atomic mass is 10.0. The van der Waals surface area contributed by atoms with E-state index < -0.39 is 0 Å². The van der Waals surface area contributed by atoms with Crippen molar-refractivity contribution in [2.45, 2.75) is 32.7 Å². The topological polar surface area (TPSA) is 75.3 Å². The molecule has 5 nitrogen and oxygen atoms in total. The molecule has 1 aliphatic rings. The van der Waals surface area contributed by atoms with Gasteiger partial charge in [0.05, 0.1) is 18.3 Å². The van der Waals surface area contributed by atoms with Gasteiger partial charge in [0.1, 0.15) is 11.6 Å². The maximum atomic E-state index is 13.5. The van der Waals surface area contributed by atoms with Crippen LogP contribution in [0.25, 0.3) is 16.8 Å². The van der Waals surface area contributed by atoms with E-state index in [1.165, 1.54) is 12.1 Å². The Morgan fingerprint density at radius 2 is 1.84 bits per heavy atom. The maximum Gasteiger partial charge on any atom is 0.164 e. The molecule has 3 N–H and O–H groups in total. The maximum absolute atomic E-state index is 13.5. The van der Waals surface area contributed by atoms with Crippen LogP contribution in [0.2, 0.25) is 0 Å². The van der Waals surface area contributed by atoms with E-state index >= 15 is 0 Å². The minimum absolute atomic E-state index is 0.0228. The number of aryl methyl sites for hydroxylation is 1. The van der Waals surface area contributed by atoms with Crippen LogP contribution in [0.5, 0.6) is 0 Å². The summed E-state index contributed by atoms with van der Waals surface area (Å²) in [7, 11) is 0. The summed E-state index contributed by atoms with van der Waals surface area (Å²) in [5.74, 6) is 0.965. The second-order valence-corrected chi connectivity index (χ2v) is 8.04. The second kappa shape index (κ2) is 8.86. The van der Waals surface area contributed by atoms with Crippen LogP contribution in [0.4, 0.5) is 10.2 Å². The van der Waals surface area contributed by atoms with Gasteiger partial charge in [-0.25, -0.2) is 14.4 Å². The molecule has 3 aromatic rings. The van der Waals surface area contributed by atoms with Crippen molar-refractivity contribution < 1.29 is 9.50 Å². The summed E-state index contributed by atoms with van der Waals surface area (Å²) in [6.45, 7) is 4.77. The number of nitrogens with zero attached hydrogens (tertiary/aromatic N) is 3. The zero-order valence-corrected chi connectivity index (χ0v) is 17.8. The first-order chi connectivity index (χ1) is 15.0. The highest BCUT2D eigenvalue weighted by molar-refractivity contribution is 5.80. The molecule has 1 aromatic heterocycles. The van der Waals surface area contributed by atoms with Crippen LogP contribution in [-0.4, -0.2) is 34.3 Å². The van der Waals surface area contributed by atoms with E-state index in [1.807, 2.05) is 44.2 Å². The Hall–Kier alpha value is -3.25. The molecule has 1 saturated heterocycles. The smallest absolute Gasteiger partial charge is 0.164 e. The number of anilines is 1. The zero-order chi connectivity index (χ0) is 22.0. The number of hydrogen-bond acceptors (Lipinski definition) is 5. The van der Waals surface area contributed by atoms with Crippen LogP contribution in [0.15, 0.2) is 60.3 Å². The largest absolute Gasteiger partial charge is 0.402 e. The molecule has 2 aromatic carbocycles. The van der Waals surface area contributed by atoms with Crippen molar-refractivity contribution in [1.29, 1.82) is 0 Å². The van der Waals surface area contributed by atoms with Gasteiger partial charge in [0.25, 0.3) is 0 Å². The molecule has 0 aliphatic carbocycles. The lowest BCUT2D eigenvalue weighted by Gasteiger charge is -2.25. The Morgan fingerprint density at radius 3 is 2.48 bits per heavy atom. The number of nitrogens with two attached hydrogens (primary N) is 1. The lowest BCUT2D eigenvalue weighted by molar-refractivity contribution is 0.266. The zero-order valence-electron chi connectivity index (χ0n) is 17.8. The highest BCUT2D eigenvalue weighted by Gasteiger charge is 2.26. The van der Waals surface area contributed by atoms with Crippen molar-refractivity contribution in [2.75, 3.05) is 18.1 Å². The highest BCUT2D eigenvalue weighted by atomic mass is 19.1. The summed E-state index contributed by atoms with van der Waals surface area (Å²) in [6, 6.07) is 16.3. The molecule has 4 rings (SSSR count). The summed E-state index contributed by atoms with van der Waals surface area (Å²) in [5.41, 5.74) is 11.3. The molecule has 160 valence electrons. The summed E-state index contributed by atoms with van der Waals surface area (Å²) in [4.78, 5) is 11.8. The molecule has 6 heteroatoms. The highest BCUT2D eigenvalue weighted by Crippen LogP contribution is 2.31. The number of benzene rings is 2. The predicted molar refractivity (Wildman–Crippen MR) is 122 cm³/mol. The van der Waals surface area contributed by atoms with Gasteiger partial charge >= 0.3 is 0 Å². The third kappa shape index (κ3) is 4.44. The van der Waals surface area contributed by atoms with Crippen LogP contribution in [0.1, 0.15) is 36.7 Å². The van der Waals surface area contributed by atoms with Crippen LogP contribution in [-0.2, 0) is 0 Å². The fraction of sp³-hybridized carbons (Fsp3) is 0.280. The number of halogens is 1. The van der Waals surface area contributed by atoms with Gasteiger partial charge in [-0.1, -0.05) is 29.8 Å². The van der Waals surface area contributed by atoms with E-state index in [-0.39, 0.29) is 18.5 Å². The SMILES string of the molecule is CC(N)=C(c1ccc(C)cc1)c1nc(-c2ccc(F)cc2)cc(N2CCC[C@H]2CO)n1. The van der Waals surface area contributed by atoms with Crippen molar-refractivity contribution in [3.8, 4) is 11.3 Å². The Labute approximate surface area is 182 Å². The predicted octanol–water partition coefficient (Wildman–Crippen LogP) is 4.29. The second-order valence-electron chi connectivity index (χ2n) is 8.04. The first-order valence-corrected chi connectivity index (χ1v) is 10.5. The quantitative estimate of drug-likeness (QED) is 0.647. The standard InChI is InChI=1S/C25H27FN4O/c1-16-5-7-19(8-6-16)24(17(2)27)25-28-22(18-9-11-20(26)12-10-18)14-23(29-25)30-13-3-4-21(30)15-31/h5-12,14,21,31H,3-4,13,15,27H2,1-2H3/t21-/m0/s1. The Kier molecular flexibility index (Phi) is 6.00. The van der Waals surface area contributed by atoms with Gasteiger partial charge in [-0.05, 0) is 56.5 Å². The molecule has 0 spiro atoms. The summed E-state index contributed by atoms with van der Waals surface area (Å²) >= 11 is 0. The molecular weight excluding hydrogens is 391 g/mol. The number of allylic oxidation sites excluding steroid dienone is 1. The summed E-state index contributed by atoms with van der Waals surface area (Å²) in [5, 5.41) is 9.83. The number of hydrogen-bond donors (Lipinski definition) is 2. The van der Waals surface area contributed by atoms with Gasteiger partial charge in [-0.15, -0.1) is 0 Å². The molecule has 31 heavy (non-hydrogen) atoms. The molecule has 0 bridgehead atoms. The molecule has 2 heterocycles. The monoisotopic (exact) mass is 418 g/mol. The van der Waals surface area contributed by atoms with E-state index in [2.05, 4.69) is 4.90 Å². The average molecular weight is 419 g/mol. The minimum atomic E-state index is -0.295. The van der Waals surface area contributed by atoms with Crippen molar-refractivity contribution in [1.82, 2.24) is 9.97 Å². The number of aliphatic hydroxyl groups is 1. The van der Waals surface area contributed by atoms with E-state index in [0.29, 0.717) is 17.2 Å². The van der Waals surface area contributed by atoms with E-state index in [0.717, 1.165) is 47.5 Å². The van der Waals surface area contributed by atoms with Gasteiger partial charge < -0.3 is 15.7 Å². The third-order valence-electron chi connectivity index (χ3n) is 5.69. The summed E-state index contributed by atoms with van der Waals surface area (Å²) in [6.07, 6.45) is 1.91.